The first-order valence-electron chi connectivity index (χ1n) is 5.69. The molecule has 1 amide bonds. The van der Waals surface area contributed by atoms with Crippen LogP contribution in [0.15, 0.2) is 22.7 Å². The molecule has 0 bridgehead atoms. The number of ether oxygens (including phenoxy) is 1. The van der Waals surface area contributed by atoms with Crippen LogP contribution in [0.3, 0.4) is 0 Å². The lowest BCUT2D eigenvalue weighted by molar-refractivity contribution is -0.143. The summed E-state index contributed by atoms with van der Waals surface area (Å²) in [6.07, 6.45) is -0.0541. The van der Waals surface area contributed by atoms with Crippen LogP contribution in [0.1, 0.15) is 13.3 Å². The number of amides is 1. The van der Waals surface area contributed by atoms with Gasteiger partial charge in [-0.05, 0) is 18.2 Å². The largest absolute Gasteiger partial charge is 0.495 e. The Morgan fingerprint density at radius 3 is 2.63 bits per heavy atom. The van der Waals surface area contributed by atoms with Crippen LogP contribution < -0.4 is 9.64 Å². The highest BCUT2D eigenvalue weighted by molar-refractivity contribution is 9.10. The molecule has 1 aromatic carbocycles. The van der Waals surface area contributed by atoms with E-state index in [1.807, 2.05) is 0 Å². The second-order valence-electron chi connectivity index (χ2n) is 4.21. The highest BCUT2D eigenvalue weighted by atomic mass is 79.9. The molecule has 1 unspecified atom stereocenters. The minimum Gasteiger partial charge on any atom is -0.495 e. The standard InChI is InChI=1S/C13H16BrNO4/c1-8(13(17)18)6-12(16)15(2)10-7-9(14)4-5-11(10)19-3/h4-5,7-8H,6H2,1-3H3,(H,17,18). The smallest absolute Gasteiger partial charge is 0.306 e. The van der Waals surface area contributed by atoms with E-state index >= 15 is 0 Å². The summed E-state index contributed by atoms with van der Waals surface area (Å²) in [7, 11) is 3.12. The number of hydrogen-bond donors (Lipinski definition) is 1. The summed E-state index contributed by atoms with van der Waals surface area (Å²) in [6.45, 7) is 1.51. The van der Waals surface area contributed by atoms with Crippen LogP contribution in [0.5, 0.6) is 5.75 Å². The molecule has 0 heterocycles. The Balaban J connectivity index is 2.93. The predicted octanol–water partition coefficient (Wildman–Crippen LogP) is 2.53. The summed E-state index contributed by atoms with van der Waals surface area (Å²) in [5.74, 6) is -1.41. The molecular formula is C13H16BrNO4. The van der Waals surface area contributed by atoms with Gasteiger partial charge in [0.2, 0.25) is 5.91 Å². The van der Waals surface area contributed by atoms with E-state index < -0.39 is 11.9 Å². The summed E-state index contributed by atoms with van der Waals surface area (Å²) in [5.41, 5.74) is 0.597. The Morgan fingerprint density at radius 1 is 1.47 bits per heavy atom. The highest BCUT2D eigenvalue weighted by Crippen LogP contribution is 2.31. The monoisotopic (exact) mass is 329 g/mol. The van der Waals surface area contributed by atoms with E-state index in [-0.39, 0.29) is 12.3 Å². The Hall–Kier alpha value is -1.56. The van der Waals surface area contributed by atoms with Gasteiger partial charge in [0, 0.05) is 17.9 Å². The average molecular weight is 330 g/mol. The van der Waals surface area contributed by atoms with E-state index in [0.29, 0.717) is 11.4 Å². The van der Waals surface area contributed by atoms with E-state index in [9.17, 15) is 9.59 Å². The number of anilines is 1. The second kappa shape index (κ2) is 6.56. The zero-order valence-corrected chi connectivity index (χ0v) is 12.6. The molecule has 0 fully saturated rings. The number of aliphatic carboxylic acids is 1. The van der Waals surface area contributed by atoms with Gasteiger partial charge in [-0.1, -0.05) is 22.9 Å². The maximum atomic E-state index is 12.0. The highest BCUT2D eigenvalue weighted by Gasteiger charge is 2.21. The topological polar surface area (TPSA) is 66.8 Å². The first-order valence-corrected chi connectivity index (χ1v) is 6.49. The molecule has 1 N–H and O–H groups in total. The fourth-order valence-corrected chi connectivity index (χ4v) is 1.89. The van der Waals surface area contributed by atoms with Crippen molar-refractivity contribution < 1.29 is 19.4 Å². The van der Waals surface area contributed by atoms with Crippen molar-refractivity contribution in [2.75, 3.05) is 19.1 Å². The molecule has 1 rings (SSSR count). The SMILES string of the molecule is COc1ccc(Br)cc1N(C)C(=O)CC(C)C(=O)O. The first kappa shape index (κ1) is 15.5. The van der Waals surface area contributed by atoms with Gasteiger partial charge in [-0.15, -0.1) is 0 Å². The van der Waals surface area contributed by atoms with Gasteiger partial charge in [0.1, 0.15) is 5.75 Å². The number of carboxylic acids is 1. The molecule has 0 aliphatic carbocycles. The molecule has 0 aromatic heterocycles. The molecule has 19 heavy (non-hydrogen) atoms. The van der Waals surface area contributed by atoms with Crippen molar-refractivity contribution in [2.45, 2.75) is 13.3 Å². The third-order valence-electron chi connectivity index (χ3n) is 2.78. The van der Waals surface area contributed by atoms with Gasteiger partial charge in [-0.2, -0.15) is 0 Å². The maximum absolute atomic E-state index is 12.0. The number of benzene rings is 1. The number of carboxylic acid groups (broad SMARTS) is 1. The fourth-order valence-electron chi connectivity index (χ4n) is 1.55. The van der Waals surface area contributed by atoms with Gasteiger partial charge < -0.3 is 14.7 Å². The summed E-state index contributed by atoms with van der Waals surface area (Å²) >= 11 is 3.33. The maximum Gasteiger partial charge on any atom is 0.306 e. The van der Waals surface area contributed by atoms with Crippen LogP contribution in [0.25, 0.3) is 0 Å². The minimum absolute atomic E-state index is 0.0541. The molecule has 104 valence electrons. The van der Waals surface area contributed by atoms with E-state index in [4.69, 9.17) is 9.84 Å². The van der Waals surface area contributed by atoms with Crippen molar-refractivity contribution in [1.82, 2.24) is 0 Å². The quantitative estimate of drug-likeness (QED) is 0.901. The Bertz CT molecular complexity index is 490. The zero-order chi connectivity index (χ0) is 14.6. The van der Waals surface area contributed by atoms with Crippen molar-refractivity contribution >= 4 is 33.5 Å². The van der Waals surface area contributed by atoms with Crippen LogP contribution >= 0.6 is 15.9 Å². The molecule has 1 atom stereocenters. The number of carbonyl (C=O) groups is 2. The van der Waals surface area contributed by atoms with Crippen molar-refractivity contribution in [2.24, 2.45) is 5.92 Å². The van der Waals surface area contributed by atoms with Crippen LogP contribution in [0, 0.1) is 5.92 Å². The number of hydrogen-bond acceptors (Lipinski definition) is 3. The van der Waals surface area contributed by atoms with Gasteiger partial charge in [-0.3, -0.25) is 9.59 Å². The lowest BCUT2D eigenvalue weighted by Gasteiger charge is -2.21. The Labute approximate surface area is 120 Å². The molecule has 0 saturated carbocycles. The second-order valence-corrected chi connectivity index (χ2v) is 5.13. The molecule has 6 heteroatoms. The van der Waals surface area contributed by atoms with Gasteiger partial charge >= 0.3 is 5.97 Å². The van der Waals surface area contributed by atoms with E-state index in [1.165, 1.54) is 18.9 Å². The van der Waals surface area contributed by atoms with Crippen LogP contribution in [0.2, 0.25) is 0 Å². The van der Waals surface area contributed by atoms with Gasteiger partial charge in [0.15, 0.2) is 0 Å². The van der Waals surface area contributed by atoms with Crippen molar-refractivity contribution in [3.63, 3.8) is 0 Å². The van der Waals surface area contributed by atoms with Gasteiger partial charge in [-0.25, -0.2) is 0 Å². The lowest BCUT2D eigenvalue weighted by Crippen LogP contribution is -2.29. The Morgan fingerprint density at radius 2 is 2.11 bits per heavy atom. The molecule has 5 nitrogen and oxygen atoms in total. The van der Waals surface area contributed by atoms with Gasteiger partial charge in [0.05, 0.1) is 18.7 Å². The number of methoxy groups -OCH3 is 1. The number of carbonyl (C=O) groups excluding carboxylic acids is 1. The molecule has 1 aromatic rings. The van der Waals surface area contributed by atoms with Gasteiger partial charge in [0.25, 0.3) is 0 Å². The first-order chi connectivity index (χ1) is 8.86. The summed E-state index contributed by atoms with van der Waals surface area (Å²) in [5, 5.41) is 8.83. The normalized spacial score (nSPS) is 11.8. The Kier molecular flexibility index (Phi) is 5.35. The molecule has 0 spiro atoms. The average Bonchev–Trinajstić information content (AvgIpc) is 2.37. The third kappa shape index (κ3) is 3.96. The molecule has 0 radical (unpaired) electrons. The van der Waals surface area contributed by atoms with Crippen LogP contribution in [-0.2, 0) is 9.59 Å². The van der Waals surface area contributed by atoms with E-state index in [2.05, 4.69) is 15.9 Å². The van der Waals surface area contributed by atoms with Crippen LogP contribution in [-0.4, -0.2) is 31.1 Å². The summed E-state index contributed by atoms with van der Waals surface area (Å²) < 4.78 is 6.01. The predicted molar refractivity (Wildman–Crippen MR) is 75.5 cm³/mol. The van der Waals surface area contributed by atoms with Crippen molar-refractivity contribution in [3.8, 4) is 5.75 Å². The third-order valence-corrected chi connectivity index (χ3v) is 3.27. The lowest BCUT2D eigenvalue weighted by atomic mass is 10.1. The molecular weight excluding hydrogens is 314 g/mol. The molecule has 0 saturated heterocycles. The molecule has 0 aliphatic heterocycles. The number of halogens is 1. The number of nitrogens with zero attached hydrogens (tertiary/aromatic N) is 1. The number of rotatable bonds is 5. The molecule has 0 aliphatic rings. The van der Waals surface area contributed by atoms with E-state index in [1.54, 1.807) is 25.2 Å². The summed E-state index contributed by atoms with van der Waals surface area (Å²) in [6, 6.07) is 5.30. The fraction of sp³-hybridized carbons (Fsp3) is 0.385. The van der Waals surface area contributed by atoms with Crippen LogP contribution in [0.4, 0.5) is 5.69 Å². The zero-order valence-electron chi connectivity index (χ0n) is 11.0. The minimum atomic E-state index is -0.983. The van der Waals surface area contributed by atoms with Crippen molar-refractivity contribution in [1.29, 1.82) is 0 Å². The van der Waals surface area contributed by atoms with E-state index in [0.717, 1.165) is 4.47 Å². The summed E-state index contributed by atoms with van der Waals surface area (Å²) in [4.78, 5) is 24.2. The van der Waals surface area contributed by atoms with Crippen molar-refractivity contribution in [3.05, 3.63) is 22.7 Å².